The van der Waals surface area contributed by atoms with Crippen LogP contribution in [0.5, 0.6) is 0 Å². The summed E-state index contributed by atoms with van der Waals surface area (Å²) >= 11 is 4.49. The van der Waals surface area contributed by atoms with E-state index in [2.05, 4.69) is 50.7 Å². The van der Waals surface area contributed by atoms with Crippen molar-refractivity contribution in [2.75, 3.05) is 19.0 Å². The van der Waals surface area contributed by atoms with Crippen LogP contribution in [-0.2, 0) is 25.4 Å². The predicted molar refractivity (Wildman–Crippen MR) is 125 cm³/mol. The van der Waals surface area contributed by atoms with E-state index in [0.717, 1.165) is 56.4 Å². The van der Waals surface area contributed by atoms with Gasteiger partial charge in [0.25, 0.3) is 0 Å². The van der Waals surface area contributed by atoms with E-state index in [-0.39, 0.29) is 29.7 Å². The van der Waals surface area contributed by atoms with E-state index in [1.54, 1.807) is 0 Å². The Kier molecular flexibility index (Phi) is 10.7. The lowest BCUT2D eigenvalue weighted by Gasteiger charge is -2.29. The summed E-state index contributed by atoms with van der Waals surface area (Å²) in [5, 5.41) is 0. The van der Waals surface area contributed by atoms with Gasteiger partial charge in [0, 0.05) is 6.61 Å². The van der Waals surface area contributed by atoms with Crippen molar-refractivity contribution in [2.24, 2.45) is 11.3 Å². The molecule has 2 unspecified atom stereocenters. The summed E-state index contributed by atoms with van der Waals surface area (Å²) in [5.74, 6) is 0.587. The zero-order valence-corrected chi connectivity index (χ0v) is 20.1. The number of benzene rings is 1. The highest BCUT2D eigenvalue weighted by Gasteiger charge is 2.23. The molecule has 0 saturated carbocycles. The molecule has 3 atom stereocenters. The van der Waals surface area contributed by atoms with Gasteiger partial charge < -0.3 is 14.2 Å². The Morgan fingerprint density at radius 1 is 1.33 bits per heavy atom. The fourth-order valence-electron chi connectivity index (χ4n) is 3.80. The molecule has 170 valence electrons. The van der Waals surface area contributed by atoms with Crippen LogP contribution < -0.4 is 0 Å². The second-order valence-electron chi connectivity index (χ2n) is 9.24. The average molecular weight is 437 g/mol. The second-order valence-corrected chi connectivity index (χ2v) is 9.55. The predicted octanol–water partition coefficient (Wildman–Crippen LogP) is 6.14. The maximum absolute atomic E-state index is 12.0. The zero-order chi connectivity index (χ0) is 22.0. The van der Waals surface area contributed by atoms with Crippen molar-refractivity contribution in [3.63, 3.8) is 0 Å². The molecular weight excluding hydrogens is 396 g/mol. The Morgan fingerprint density at radius 2 is 2.13 bits per heavy atom. The summed E-state index contributed by atoms with van der Waals surface area (Å²) in [4.78, 5) is 12.0. The van der Waals surface area contributed by atoms with Gasteiger partial charge in [0.2, 0.25) is 0 Å². The van der Waals surface area contributed by atoms with Crippen molar-refractivity contribution in [2.45, 2.75) is 85.0 Å². The molecule has 0 spiro atoms. The molecule has 30 heavy (non-hydrogen) atoms. The van der Waals surface area contributed by atoms with E-state index >= 15 is 0 Å². The van der Waals surface area contributed by atoms with Gasteiger partial charge in [-0.05, 0) is 74.2 Å². The molecule has 1 aromatic carbocycles. The van der Waals surface area contributed by atoms with Crippen molar-refractivity contribution >= 4 is 18.6 Å². The molecular formula is C25H40O4S. The third-order valence-corrected chi connectivity index (χ3v) is 6.61. The SMILES string of the molecule is CCOC(=O)[C@@H](C)Cc1cccc(C(CCCC(C)(C)CS)OC2CCCCO2)c1. The normalized spacial score (nSPS) is 19.3. The summed E-state index contributed by atoms with van der Waals surface area (Å²) < 4.78 is 17.5. The smallest absolute Gasteiger partial charge is 0.308 e. The summed E-state index contributed by atoms with van der Waals surface area (Å²) in [6.45, 7) is 9.49. The minimum Gasteiger partial charge on any atom is -0.466 e. The van der Waals surface area contributed by atoms with Crippen LogP contribution in [0.15, 0.2) is 24.3 Å². The van der Waals surface area contributed by atoms with E-state index in [0.29, 0.717) is 13.0 Å². The third-order valence-electron chi connectivity index (χ3n) is 5.76. The minimum atomic E-state index is -0.155. The van der Waals surface area contributed by atoms with Gasteiger partial charge in [0.05, 0.1) is 18.6 Å². The van der Waals surface area contributed by atoms with Crippen LogP contribution in [0.4, 0.5) is 0 Å². The van der Waals surface area contributed by atoms with E-state index < -0.39 is 0 Å². The van der Waals surface area contributed by atoms with Gasteiger partial charge in [-0.25, -0.2) is 0 Å². The van der Waals surface area contributed by atoms with Crippen LogP contribution in [-0.4, -0.2) is 31.2 Å². The van der Waals surface area contributed by atoms with E-state index in [1.165, 1.54) is 5.56 Å². The van der Waals surface area contributed by atoms with Crippen LogP contribution in [0.3, 0.4) is 0 Å². The zero-order valence-electron chi connectivity index (χ0n) is 19.2. The number of hydrogen-bond donors (Lipinski definition) is 1. The van der Waals surface area contributed by atoms with Gasteiger partial charge in [-0.3, -0.25) is 4.79 Å². The number of thiol groups is 1. The Bertz CT molecular complexity index is 640. The number of esters is 1. The van der Waals surface area contributed by atoms with Gasteiger partial charge in [0.15, 0.2) is 6.29 Å². The molecule has 0 bridgehead atoms. The first-order valence-corrected chi connectivity index (χ1v) is 12.1. The van der Waals surface area contributed by atoms with E-state index in [1.807, 2.05) is 13.8 Å². The largest absolute Gasteiger partial charge is 0.466 e. The molecule has 1 fully saturated rings. The van der Waals surface area contributed by atoms with E-state index in [4.69, 9.17) is 14.2 Å². The first-order chi connectivity index (χ1) is 14.3. The van der Waals surface area contributed by atoms with Crippen LogP contribution >= 0.6 is 12.6 Å². The van der Waals surface area contributed by atoms with Crippen LogP contribution in [0.1, 0.15) is 83.5 Å². The second kappa shape index (κ2) is 12.7. The lowest BCUT2D eigenvalue weighted by Crippen LogP contribution is -2.25. The number of rotatable bonds is 12. The highest BCUT2D eigenvalue weighted by atomic mass is 32.1. The molecule has 1 aliphatic heterocycles. The molecule has 0 radical (unpaired) electrons. The maximum atomic E-state index is 12.0. The van der Waals surface area contributed by atoms with Crippen molar-refractivity contribution < 1.29 is 19.0 Å². The monoisotopic (exact) mass is 436 g/mol. The molecule has 5 heteroatoms. The van der Waals surface area contributed by atoms with Crippen LogP contribution in [0, 0.1) is 11.3 Å². The minimum absolute atomic E-state index is 0.00154. The third kappa shape index (κ3) is 8.60. The number of carbonyl (C=O) groups is 1. The standard InChI is InChI=1S/C25H40O4S/c1-5-27-24(26)19(2)16-20-10-8-11-21(17-20)22(12-9-14-25(3,4)18-30)29-23-13-6-7-15-28-23/h8,10-11,17,19,22-23,30H,5-7,9,12-16,18H2,1-4H3/t19-,22?,23?/m0/s1. The molecule has 4 nitrogen and oxygen atoms in total. The summed E-state index contributed by atoms with van der Waals surface area (Å²) in [5.41, 5.74) is 2.54. The van der Waals surface area contributed by atoms with Crippen LogP contribution in [0.2, 0.25) is 0 Å². The number of ether oxygens (including phenoxy) is 3. The average Bonchev–Trinajstić information content (AvgIpc) is 2.74. The van der Waals surface area contributed by atoms with E-state index in [9.17, 15) is 4.79 Å². The topological polar surface area (TPSA) is 44.8 Å². The lowest BCUT2D eigenvalue weighted by atomic mass is 9.88. The quantitative estimate of drug-likeness (QED) is 0.316. The number of hydrogen-bond acceptors (Lipinski definition) is 5. The lowest BCUT2D eigenvalue weighted by molar-refractivity contribution is -0.191. The fraction of sp³-hybridized carbons (Fsp3) is 0.720. The Labute approximate surface area is 188 Å². The maximum Gasteiger partial charge on any atom is 0.308 e. The molecule has 0 aromatic heterocycles. The number of carbonyl (C=O) groups excluding carboxylic acids is 1. The van der Waals surface area contributed by atoms with Gasteiger partial charge in [0.1, 0.15) is 0 Å². The van der Waals surface area contributed by atoms with Crippen molar-refractivity contribution in [1.29, 1.82) is 0 Å². The molecule has 1 aliphatic rings. The van der Waals surface area contributed by atoms with Gasteiger partial charge in [-0.2, -0.15) is 12.6 Å². The molecule has 1 aromatic rings. The highest BCUT2D eigenvalue weighted by molar-refractivity contribution is 7.80. The van der Waals surface area contributed by atoms with Crippen LogP contribution in [0.25, 0.3) is 0 Å². The molecule has 2 rings (SSSR count). The van der Waals surface area contributed by atoms with Gasteiger partial charge >= 0.3 is 5.97 Å². The molecule has 0 aliphatic carbocycles. The van der Waals surface area contributed by atoms with Crippen molar-refractivity contribution in [1.82, 2.24) is 0 Å². The first kappa shape index (κ1) is 25.2. The summed E-state index contributed by atoms with van der Waals surface area (Å²) in [6, 6.07) is 8.47. The first-order valence-electron chi connectivity index (χ1n) is 11.5. The molecule has 0 N–H and O–H groups in total. The van der Waals surface area contributed by atoms with Gasteiger partial charge in [-0.1, -0.05) is 45.0 Å². The van der Waals surface area contributed by atoms with Crippen molar-refractivity contribution in [3.8, 4) is 0 Å². The van der Waals surface area contributed by atoms with Gasteiger partial charge in [-0.15, -0.1) is 0 Å². The molecule has 1 heterocycles. The summed E-state index contributed by atoms with van der Waals surface area (Å²) in [7, 11) is 0. The molecule has 0 amide bonds. The molecule has 1 saturated heterocycles. The Balaban J connectivity index is 2.08. The summed E-state index contributed by atoms with van der Waals surface area (Å²) in [6.07, 6.45) is 6.92. The Morgan fingerprint density at radius 3 is 2.80 bits per heavy atom. The Hall–Kier alpha value is -1.04. The van der Waals surface area contributed by atoms with Crippen molar-refractivity contribution in [3.05, 3.63) is 35.4 Å². The highest BCUT2D eigenvalue weighted by Crippen LogP contribution is 2.32. The fourth-order valence-corrected chi connectivity index (χ4v) is 3.96.